The molecule has 0 aromatic rings. The Kier molecular flexibility index (Phi) is 9.55. The highest BCUT2D eigenvalue weighted by molar-refractivity contribution is 7.13. The van der Waals surface area contributed by atoms with Gasteiger partial charge in [-0.15, -0.1) is 0 Å². The third-order valence-corrected chi connectivity index (χ3v) is 44.9. The molecule has 0 aliphatic rings. The van der Waals surface area contributed by atoms with E-state index in [1.54, 1.807) is 0 Å². The normalized spacial score (nSPS) is 15.7. The smallest absolute Gasteiger partial charge is 0.0544 e. The Morgan fingerprint density at radius 1 is 0.400 bits per heavy atom. The van der Waals surface area contributed by atoms with E-state index >= 15 is 0 Å². The summed E-state index contributed by atoms with van der Waals surface area (Å²) in [5, 5.41) is 0. The lowest BCUT2D eigenvalue weighted by molar-refractivity contribution is 0.370. The molecule has 30 heavy (non-hydrogen) atoms. The maximum Gasteiger partial charge on any atom is 0.0544 e. The zero-order valence-corrected chi connectivity index (χ0v) is 30.4. The van der Waals surface area contributed by atoms with Crippen LogP contribution in [0.1, 0.15) is 54.4 Å². The Balaban J connectivity index is 7.37. The van der Waals surface area contributed by atoms with Gasteiger partial charge in [0.2, 0.25) is 0 Å². The fourth-order valence-electron chi connectivity index (χ4n) is 5.95. The fourth-order valence-corrected chi connectivity index (χ4v) is 53.4. The van der Waals surface area contributed by atoms with Crippen molar-refractivity contribution >= 4 is 49.1 Å². The van der Waals surface area contributed by atoms with Gasteiger partial charge in [-0.1, -0.05) is 137 Å². The molecule has 0 bridgehead atoms. The third-order valence-electron chi connectivity index (χ3n) is 7.20. The van der Waals surface area contributed by atoms with E-state index in [1.807, 2.05) is 0 Å². The van der Waals surface area contributed by atoms with Crippen LogP contribution in [0.3, 0.4) is 0 Å². The van der Waals surface area contributed by atoms with Crippen LogP contribution < -0.4 is 0 Å². The van der Waals surface area contributed by atoms with Gasteiger partial charge in [0.05, 0.1) is 32.3 Å². The molecule has 0 aromatic heterocycles. The van der Waals surface area contributed by atoms with Crippen LogP contribution in [0.2, 0.25) is 87.1 Å². The van der Waals surface area contributed by atoms with Crippen LogP contribution in [0.25, 0.3) is 0 Å². The monoisotopic (exact) mass is 514 g/mol. The van der Waals surface area contributed by atoms with Gasteiger partial charge in [0.25, 0.3) is 0 Å². The summed E-state index contributed by atoms with van der Waals surface area (Å²) in [5.41, 5.74) is 0.839. The molecule has 0 aliphatic heterocycles. The van der Waals surface area contributed by atoms with Crippen molar-refractivity contribution in [1.82, 2.24) is 0 Å². The molecule has 0 heterocycles. The van der Waals surface area contributed by atoms with Crippen LogP contribution in [-0.2, 0) is 0 Å². The molecule has 0 aromatic carbocycles. The molecule has 0 fully saturated rings. The van der Waals surface area contributed by atoms with E-state index in [0.717, 1.165) is 0 Å². The maximum atomic E-state index is 2.71. The average Bonchev–Trinajstić information content (AvgIpc) is 2.33. The zero-order valence-electron chi connectivity index (χ0n) is 24.4. The van der Waals surface area contributed by atoms with Gasteiger partial charge in [-0.3, -0.25) is 0 Å². The van der Waals surface area contributed by atoms with E-state index in [-0.39, 0.29) is 0 Å². The van der Waals surface area contributed by atoms with Gasteiger partial charge in [0.1, 0.15) is 0 Å². The van der Waals surface area contributed by atoms with Gasteiger partial charge in [-0.25, -0.2) is 0 Å². The molecule has 0 saturated carbocycles. The summed E-state index contributed by atoms with van der Waals surface area (Å²) in [6.45, 7) is 47.6. The van der Waals surface area contributed by atoms with E-state index in [4.69, 9.17) is 0 Å². The lowest BCUT2D eigenvalue weighted by atomic mass is 9.93. The first-order chi connectivity index (χ1) is 12.6. The molecule has 0 aliphatic carbocycles. The highest BCUT2D eigenvalue weighted by Gasteiger charge is 2.55. The molecule has 178 valence electrons. The minimum Gasteiger partial charge on any atom is -0.0690 e. The highest BCUT2D eigenvalue weighted by atomic mass is 28.7. The molecule has 0 amide bonds. The SMILES string of the molecule is CC(C)(C)CC([Si]#[Si]C(CC(C)(C)C)([Si](C)(C)C)[Si](C)(C)C)([Si](C)(C)C)[Si](C)(C)C. The zero-order chi connectivity index (χ0) is 24.8. The summed E-state index contributed by atoms with van der Waals surface area (Å²) in [5.74, 6) is 0. The van der Waals surface area contributed by atoms with Gasteiger partial charge in [-0.2, -0.15) is 0 Å². The van der Waals surface area contributed by atoms with Crippen LogP contribution in [0.4, 0.5) is 0 Å². The molecule has 0 radical (unpaired) electrons. The van der Waals surface area contributed by atoms with E-state index in [2.05, 4.69) is 120 Å². The van der Waals surface area contributed by atoms with Crippen molar-refractivity contribution in [2.24, 2.45) is 10.8 Å². The van der Waals surface area contributed by atoms with Crippen molar-refractivity contribution in [3.8, 4) is 0 Å². The Hall–Kier alpha value is 1.30. The van der Waals surface area contributed by atoms with E-state index < -0.39 is 32.3 Å². The minimum absolute atomic E-state index is 0.420. The number of rotatable bonds is 6. The van der Waals surface area contributed by atoms with Crippen LogP contribution in [0.5, 0.6) is 0 Å². The summed E-state index contributed by atoms with van der Waals surface area (Å²) >= 11 is 0. The summed E-state index contributed by atoms with van der Waals surface area (Å²) in [4.78, 5) is 0. The molecule has 0 nitrogen and oxygen atoms in total. The topological polar surface area (TPSA) is 0 Å². The first-order valence-electron chi connectivity index (χ1n) is 12.2. The molecule has 0 rings (SSSR count). The van der Waals surface area contributed by atoms with Gasteiger partial charge in [0.15, 0.2) is 0 Å². The predicted molar refractivity (Wildman–Crippen MR) is 158 cm³/mol. The second-order valence-corrected chi connectivity index (χ2v) is 44.7. The Morgan fingerprint density at radius 2 is 0.567 bits per heavy atom. The van der Waals surface area contributed by atoms with Crippen molar-refractivity contribution in [2.45, 2.75) is 142 Å². The van der Waals surface area contributed by atoms with Crippen LogP contribution >= 0.6 is 0 Å². The molecule has 0 unspecified atom stereocenters. The molecule has 0 saturated heterocycles. The lowest BCUT2D eigenvalue weighted by Crippen LogP contribution is -2.60. The Bertz CT molecular complexity index is 556. The molecular weight excluding hydrogens is 457 g/mol. The van der Waals surface area contributed by atoms with Gasteiger partial charge in [0, 0.05) is 0 Å². The lowest BCUT2D eigenvalue weighted by Gasteiger charge is -2.54. The Morgan fingerprint density at radius 3 is 0.667 bits per heavy atom. The second-order valence-electron chi connectivity index (χ2n) is 16.5. The molecule has 0 spiro atoms. The first kappa shape index (κ1) is 31.3. The highest BCUT2D eigenvalue weighted by Crippen LogP contribution is 2.54. The third kappa shape index (κ3) is 7.40. The second kappa shape index (κ2) is 9.16. The van der Waals surface area contributed by atoms with Gasteiger partial charge >= 0.3 is 0 Å². The maximum absolute atomic E-state index is 2.71. The quantitative estimate of drug-likeness (QED) is 0.310. The summed E-state index contributed by atoms with van der Waals surface area (Å²) in [7, 11) is -3.04. The average molecular weight is 515 g/mol. The fraction of sp³-hybridized carbons (Fsp3) is 1.00. The van der Waals surface area contributed by atoms with Crippen molar-refractivity contribution < 1.29 is 0 Å². The van der Waals surface area contributed by atoms with E-state index in [0.29, 0.717) is 19.4 Å². The molecule has 0 atom stereocenters. The Labute approximate surface area is 200 Å². The van der Waals surface area contributed by atoms with Crippen molar-refractivity contribution in [1.29, 1.82) is 0 Å². The van der Waals surface area contributed by atoms with Gasteiger partial charge in [-0.05, 0) is 32.2 Å². The van der Waals surface area contributed by atoms with Crippen LogP contribution in [0.15, 0.2) is 0 Å². The molecular formula is C24H58Si6. The number of hydrogen-bond donors (Lipinski definition) is 0. The predicted octanol–water partition coefficient (Wildman–Crippen LogP) is 9.01. The van der Waals surface area contributed by atoms with Gasteiger partial charge < -0.3 is 0 Å². The largest absolute Gasteiger partial charge is 0.0690 e. The molecule has 0 N–H and O–H groups in total. The summed E-state index contributed by atoms with van der Waals surface area (Å²) < 4.78 is 1.28. The summed E-state index contributed by atoms with van der Waals surface area (Å²) in [6, 6.07) is 0. The standard InChI is InChI=1S/C24H58Si6/c1-21(2,3)19-23(27(7,8)9,28(10,11)12)25-26-24(29(13,14)15,30(16,17)18)20-22(4,5)6/h19-20H2,1-18H3. The van der Waals surface area contributed by atoms with Crippen LogP contribution in [0, 0.1) is 10.8 Å². The van der Waals surface area contributed by atoms with Crippen molar-refractivity contribution in [2.75, 3.05) is 0 Å². The van der Waals surface area contributed by atoms with Crippen molar-refractivity contribution in [3.05, 3.63) is 0 Å². The van der Waals surface area contributed by atoms with Crippen molar-refractivity contribution in [3.63, 3.8) is 0 Å². The minimum atomic E-state index is -1.35. The first-order valence-corrected chi connectivity index (χ1v) is 29.2. The number of hydrogen-bond acceptors (Lipinski definition) is 0. The van der Waals surface area contributed by atoms with Crippen LogP contribution in [-0.4, -0.2) is 49.1 Å². The van der Waals surface area contributed by atoms with E-state index in [9.17, 15) is 0 Å². The van der Waals surface area contributed by atoms with E-state index in [1.165, 1.54) is 29.7 Å². The molecule has 6 heteroatoms. The summed E-state index contributed by atoms with van der Waals surface area (Å²) in [6.07, 6.45) is 2.89.